The number of benzene rings is 2. The van der Waals surface area contributed by atoms with Crippen molar-refractivity contribution >= 4 is 18.0 Å². The zero-order valence-corrected chi connectivity index (χ0v) is 18.9. The van der Waals surface area contributed by atoms with E-state index in [1.807, 2.05) is 29.2 Å². The summed E-state index contributed by atoms with van der Waals surface area (Å²) >= 11 is 0. The molecule has 1 saturated heterocycles. The Morgan fingerprint density at radius 1 is 0.941 bits per heavy atom. The van der Waals surface area contributed by atoms with Gasteiger partial charge in [0.2, 0.25) is 5.91 Å². The van der Waals surface area contributed by atoms with Crippen molar-refractivity contribution in [2.24, 2.45) is 23.7 Å². The number of hydrogen-bond acceptors (Lipinski definition) is 4. The van der Waals surface area contributed by atoms with Gasteiger partial charge in [-0.1, -0.05) is 48.5 Å². The van der Waals surface area contributed by atoms with Crippen molar-refractivity contribution in [3.8, 4) is 11.1 Å². The van der Waals surface area contributed by atoms with Gasteiger partial charge in [0, 0.05) is 31.0 Å². The van der Waals surface area contributed by atoms with E-state index < -0.39 is 12.1 Å². The molecule has 1 unspecified atom stereocenters. The molecule has 2 N–H and O–H groups in total. The molecule has 3 aliphatic carbocycles. The molecular formula is C27H28N2O5. The summed E-state index contributed by atoms with van der Waals surface area (Å²) in [5.41, 5.74) is 4.74. The maximum absolute atomic E-state index is 12.9. The van der Waals surface area contributed by atoms with Gasteiger partial charge in [-0.3, -0.25) is 9.59 Å². The zero-order valence-electron chi connectivity index (χ0n) is 18.9. The summed E-state index contributed by atoms with van der Waals surface area (Å²) in [4.78, 5) is 38.5. The van der Waals surface area contributed by atoms with Crippen LogP contribution in [0.4, 0.5) is 4.79 Å². The van der Waals surface area contributed by atoms with Crippen molar-refractivity contribution in [1.29, 1.82) is 0 Å². The van der Waals surface area contributed by atoms with Gasteiger partial charge in [-0.15, -0.1) is 0 Å². The lowest BCUT2D eigenvalue weighted by Gasteiger charge is -2.23. The third kappa shape index (κ3) is 3.54. The molecule has 4 aliphatic rings. The van der Waals surface area contributed by atoms with E-state index in [4.69, 9.17) is 9.84 Å². The maximum Gasteiger partial charge on any atom is 0.407 e. The van der Waals surface area contributed by atoms with Crippen LogP contribution in [0.25, 0.3) is 11.1 Å². The van der Waals surface area contributed by atoms with Crippen LogP contribution in [0.15, 0.2) is 48.5 Å². The number of likely N-dealkylation sites (tertiary alicyclic amines) is 1. The predicted molar refractivity (Wildman–Crippen MR) is 124 cm³/mol. The molecule has 34 heavy (non-hydrogen) atoms. The quantitative estimate of drug-likeness (QED) is 0.712. The molecular weight excluding hydrogens is 432 g/mol. The monoisotopic (exact) mass is 460 g/mol. The highest BCUT2D eigenvalue weighted by molar-refractivity contribution is 5.82. The molecule has 0 bridgehead atoms. The second-order valence-corrected chi connectivity index (χ2v) is 10.1. The molecule has 2 aromatic rings. The zero-order chi connectivity index (χ0) is 23.4. The number of ether oxygens (including phenoxy) is 1. The number of carbonyl (C=O) groups excluding carboxylic acids is 2. The van der Waals surface area contributed by atoms with Gasteiger partial charge in [0.1, 0.15) is 6.61 Å². The number of aliphatic carboxylic acids is 1. The van der Waals surface area contributed by atoms with E-state index in [2.05, 4.69) is 29.6 Å². The summed E-state index contributed by atoms with van der Waals surface area (Å²) in [5, 5.41) is 12.1. The molecule has 7 heteroatoms. The highest BCUT2D eigenvalue weighted by Gasteiger charge is 2.60. The summed E-state index contributed by atoms with van der Waals surface area (Å²) in [6.45, 7) is 1.39. The third-order valence-corrected chi connectivity index (χ3v) is 8.24. The van der Waals surface area contributed by atoms with Crippen LogP contribution in [-0.4, -0.2) is 53.7 Å². The minimum Gasteiger partial charge on any atom is -0.481 e. The molecule has 176 valence electrons. The molecule has 1 heterocycles. The molecule has 2 amide bonds. The second-order valence-electron chi connectivity index (χ2n) is 10.1. The Balaban J connectivity index is 1.01. The average Bonchev–Trinajstić information content (AvgIpc) is 3.20. The Kier molecular flexibility index (Phi) is 5.08. The van der Waals surface area contributed by atoms with Crippen LogP contribution in [0.1, 0.15) is 36.3 Å². The number of piperidine rings is 1. The van der Waals surface area contributed by atoms with Crippen molar-refractivity contribution in [3.05, 3.63) is 59.7 Å². The number of fused-ring (bicyclic) bond motifs is 4. The fourth-order valence-corrected chi connectivity index (χ4v) is 6.47. The number of alkyl carbamates (subject to hydrolysis) is 1. The van der Waals surface area contributed by atoms with Gasteiger partial charge >= 0.3 is 12.1 Å². The van der Waals surface area contributed by atoms with Gasteiger partial charge < -0.3 is 20.1 Å². The van der Waals surface area contributed by atoms with Crippen molar-refractivity contribution in [2.45, 2.75) is 31.2 Å². The van der Waals surface area contributed by atoms with E-state index in [9.17, 15) is 14.4 Å². The topological polar surface area (TPSA) is 95.9 Å². The van der Waals surface area contributed by atoms with Crippen molar-refractivity contribution in [1.82, 2.24) is 10.2 Å². The lowest BCUT2D eigenvalue weighted by Crippen LogP contribution is -2.38. The van der Waals surface area contributed by atoms with E-state index in [1.165, 1.54) is 22.3 Å². The number of rotatable bonds is 5. The smallest absolute Gasteiger partial charge is 0.407 e. The molecule has 0 aromatic heterocycles. The molecule has 5 atom stereocenters. The lowest BCUT2D eigenvalue weighted by atomic mass is 9.98. The molecule has 0 spiro atoms. The predicted octanol–water partition coefficient (Wildman–Crippen LogP) is 3.48. The number of hydrogen-bond donors (Lipinski definition) is 2. The van der Waals surface area contributed by atoms with Gasteiger partial charge in [0.05, 0.1) is 5.92 Å². The molecule has 1 aliphatic heterocycles. The largest absolute Gasteiger partial charge is 0.481 e. The summed E-state index contributed by atoms with van der Waals surface area (Å²) in [6, 6.07) is 16.4. The van der Waals surface area contributed by atoms with Gasteiger partial charge in [-0.2, -0.15) is 0 Å². The first-order valence-electron chi connectivity index (χ1n) is 12.1. The summed E-state index contributed by atoms with van der Waals surface area (Å²) in [7, 11) is 0. The summed E-state index contributed by atoms with van der Waals surface area (Å²) in [5.74, 6) is -0.749. The molecule has 3 fully saturated rings. The van der Waals surface area contributed by atoms with Crippen LogP contribution in [0.2, 0.25) is 0 Å². The standard InChI is InChI=1S/C27H28N2O5/c30-25(29-12-21-22(13-29)24(21)26(31)32)15-9-10-16(11-15)28-27(33)34-14-23-19-7-3-1-5-17(19)18-6-2-4-8-20(18)23/h1-8,15-16,21-24H,9-14H2,(H,28,33)(H,31,32)/t15-,16+,21-,22+,24?/m0/s1. The lowest BCUT2D eigenvalue weighted by molar-refractivity contribution is -0.141. The SMILES string of the molecule is O=C(N[C@@H]1CC[C@H](C(=O)N2C[C@@H]3C(C(=O)O)[C@@H]3C2)C1)OCC1c2ccccc2-c2ccccc21. The minimum absolute atomic E-state index is 0.0206. The van der Waals surface area contributed by atoms with Crippen molar-refractivity contribution < 1.29 is 24.2 Å². The first-order chi connectivity index (χ1) is 16.5. The number of amides is 2. The Labute approximate surface area is 198 Å². The third-order valence-electron chi connectivity index (χ3n) is 8.24. The molecule has 2 aromatic carbocycles. The van der Waals surface area contributed by atoms with E-state index in [0.717, 1.165) is 12.8 Å². The fourth-order valence-electron chi connectivity index (χ4n) is 6.47. The molecule has 2 saturated carbocycles. The average molecular weight is 461 g/mol. The van der Waals surface area contributed by atoms with E-state index in [-0.39, 0.29) is 48.1 Å². The van der Waals surface area contributed by atoms with Gasteiger partial charge in [-0.05, 0) is 53.4 Å². The minimum atomic E-state index is -0.740. The first kappa shape index (κ1) is 21.2. The number of carboxylic acids is 1. The van der Waals surface area contributed by atoms with Crippen LogP contribution >= 0.6 is 0 Å². The molecule has 0 radical (unpaired) electrons. The van der Waals surface area contributed by atoms with E-state index in [1.54, 1.807) is 0 Å². The van der Waals surface area contributed by atoms with Crippen LogP contribution in [-0.2, 0) is 14.3 Å². The Hall–Kier alpha value is -3.35. The summed E-state index contributed by atoms with van der Waals surface area (Å²) < 4.78 is 5.65. The van der Waals surface area contributed by atoms with Crippen LogP contribution in [0, 0.1) is 23.7 Å². The Morgan fingerprint density at radius 3 is 2.18 bits per heavy atom. The van der Waals surface area contributed by atoms with Crippen LogP contribution in [0.3, 0.4) is 0 Å². The highest BCUT2D eigenvalue weighted by atomic mass is 16.5. The molecule has 6 rings (SSSR count). The second kappa shape index (κ2) is 8.15. The van der Waals surface area contributed by atoms with Crippen molar-refractivity contribution in [3.63, 3.8) is 0 Å². The van der Waals surface area contributed by atoms with Gasteiger partial charge in [0.15, 0.2) is 0 Å². The number of carbonyl (C=O) groups is 3. The van der Waals surface area contributed by atoms with E-state index >= 15 is 0 Å². The number of carboxylic acid groups (broad SMARTS) is 1. The van der Waals surface area contributed by atoms with Crippen molar-refractivity contribution in [2.75, 3.05) is 19.7 Å². The highest BCUT2D eigenvalue weighted by Crippen LogP contribution is 2.52. The van der Waals surface area contributed by atoms with Crippen LogP contribution < -0.4 is 5.32 Å². The van der Waals surface area contributed by atoms with Gasteiger partial charge in [-0.25, -0.2) is 4.79 Å². The Bertz CT molecular complexity index is 1110. The number of nitrogens with one attached hydrogen (secondary N) is 1. The van der Waals surface area contributed by atoms with Gasteiger partial charge in [0.25, 0.3) is 0 Å². The normalized spacial score (nSPS) is 28.7. The van der Waals surface area contributed by atoms with Crippen LogP contribution in [0.5, 0.6) is 0 Å². The summed E-state index contributed by atoms with van der Waals surface area (Å²) in [6.07, 6.45) is 1.66. The van der Waals surface area contributed by atoms with E-state index in [0.29, 0.717) is 19.5 Å². The fraction of sp³-hybridized carbons (Fsp3) is 0.444. The molecule has 7 nitrogen and oxygen atoms in total. The maximum atomic E-state index is 12.9. The Morgan fingerprint density at radius 2 is 1.56 bits per heavy atom. The number of nitrogens with zero attached hydrogens (tertiary/aromatic N) is 1. The first-order valence-corrected chi connectivity index (χ1v) is 12.1.